The van der Waals surface area contributed by atoms with Crippen LogP contribution in [-0.2, 0) is 4.74 Å². The summed E-state index contributed by atoms with van der Waals surface area (Å²) in [7, 11) is 0. The molecule has 0 atom stereocenters. The molecule has 0 spiro atoms. The smallest absolute Gasteiger partial charge is 0.340 e. The molecule has 0 aliphatic carbocycles. The van der Waals surface area contributed by atoms with Gasteiger partial charge >= 0.3 is 5.97 Å². The first-order valence-corrected chi connectivity index (χ1v) is 6.85. The molecule has 5 heteroatoms. The van der Waals surface area contributed by atoms with E-state index in [1.807, 2.05) is 4.90 Å². The van der Waals surface area contributed by atoms with Gasteiger partial charge in [0.15, 0.2) is 0 Å². The largest absolute Gasteiger partial charge is 0.462 e. The van der Waals surface area contributed by atoms with Crippen molar-refractivity contribution in [3.05, 3.63) is 23.5 Å². The van der Waals surface area contributed by atoms with Gasteiger partial charge in [-0.3, -0.25) is 0 Å². The molecule has 4 nitrogen and oxygen atoms in total. The molecule has 1 aromatic rings. The van der Waals surface area contributed by atoms with Crippen LogP contribution in [0.2, 0.25) is 0 Å². The maximum Gasteiger partial charge on any atom is 0.340 e. The van der Waals surface area contributed by atoms with Crippen LogP contribution in [0.5, 0.6) is 0 Å². The Morgan fingerprint density at radius 1 is 1.50 bits per heavy atom. The second kappa shape index (κ2) is 5.31. The molecule has 0 radical (unpaired) electrons. The summed E-state index contributed by atoms with van der Waals surface area (Å²) in [5, 5.41) is 0. The molecule has 1 heterocycles. The highest BCUT2D eigenvalue weighted by molar-refractivity contribution is 5.96. The summed E-state index contributed by atoms with van der Waals surface area (Å²) < 4.78 is 19.1. The van der Waals surface area contributed by atoms with Crippen LogP contribution in [-0.4, -0.2) is 25.7 Å². The molecule has 2 N–H and O–H groups in total. The summed E-state index contributed by atoms with van der Waals surface area (Å²) in [5.74, 6) is -0.905. The van der Waals surface area contributed by atoms with E-state index >= 15 is 0 Å². The highest BCUT2D eigenvalue weighted by atomic mass is 19.1. The molecule has 0 aromatic heterocycles. The van der Waals surface area contributed by atoms with E-state index in [0.29, 0.717) is 5.69 Å². The van der Waals surface area contributed by atoms with Gasteiger partial charge in [-0.1, -0.05) is 13.8 Å². The third kappa shape index (κ3) is 2.86. The van der Waals surface area contributed by atoms with Crippen LogP contribution >= 0.6 is 0 Å². The lowest BCUT2D eigenvalue weighted by atomic mass is 9.93. The summed E-state index contributed by atoms with van der Waals surface area (Å²) in [6, 6.07) is 2.71. The van der Waals surface area contributed by atoms with E-state index < -0.39 is 11.8 Å². The molecule has 1 saturated heterocycles. The van der Waals surface area contributed by atoms with Crippen molar-refractivity contribution in [3.63, 3.8) is 0 Å². The van der Waals surface area contributed by atoms with Crippen LogP contribution in [0.15, 0.2) is 12.1 Å². The van der Waals surface area contributed by atoms with Crippen LogP contribution in [0.1, 0.15) is 37.6 Å². The van der Waals surface area contributed by atoms with Gasteiger partial charge in [-0.2, -0.15) is 0 Å². The number of hydrogen-bond acceptors (Lipinski definition) is 4. The SMILES string of the molecule is CCOC(=O)c1cc(N2CCC(C)(C)C2)c(F)cc1N. The van der Waals surface area contributed by atoms with E-state index in [4.69, 9.17) is 10.5 Å². The van der Waals surface area contributed by atoms with E-state index in [9.17, 15) is 9.18 Å². The fraction of sp³-hybridized carbons (Fsp3) is 0.533. The van der Waals surface area contributed by atoms with Crippen LogP contribution in [0, 0.1) is 11.2 Å². The van der Waals surface area contributed by atoms with Gasteiger partial charge in [0.1, 0.15) is 5.82 Å². The normalized spacial score (nSPS) is 17.3. The van der Waals surface area contributed by atoms with E-state index in [2.05, 4.69) is 13.8 Å². The van der Waals surface area contributed by atoms with Crippen molar-refractivity contribution >= 4 is 17.3 Å². The number of halogens is 1. The van der Waals surface area contributed by atoms with Gasteiger partial charge in [-0.15, -0.1) is 0 Å². The number of anilines is 2. The number of nitrogens with zero attached hydrogens (tertiary/aromatic N) is 1. The number of nitrogens with two attached hydrogens (primary N) is 1. The van der Waals surface area contributed by atoms with Crippen molar-refractivity contribution in [1.29, 1.82) is 0 Å². The van der Waals surface area contributed by atoms with Crippen molar-refractivity contribution in [1.82, 2.24) is 0 Å². The van der Waals surface area contributed by atoms with Crippen molar-refractivity contribution in [2.24, 2.45) is 5.41 Å². The summed E-state index contributed by atoms with van der Waals surface area (Å²) in [6.45, 7) is 7.82. The molecule has 0 bridgehead atoms. The van der Waals surface area contributed by atoms with E-state index in [0.717, 1.165) is 19.5 Å². The minimum absolute atomic E-state index is 0.114. The van der Waals surface area contributed by atoms with Crippen LogP contribution in [0.4, 0.5) is 15.8 Å². The zero-order chi connectivity index (χ0) is 14.9. The maximum atomic E-state index is 14.1. The van der Waals surface area contributed by atoms with Gasteiger partial charge < -0.3 is 15.4 Å². The zero-order valence-corrected chi connectivity index (χ0v) is 12.2. The van der Waals surface area contributed by atoms with Crippen molar-refractivity contribution in [2.45, 2.75) is 27.2 Å². The minimum atomic E-state index is -0.510. The third-order valence-corrected chi connectivity index (χ3v) is 3.63. The molecular weight excluding hydrogens is 259 g/mol. The molecule has 1 aliphatic heterocycles. The van der Waals surface area contributed by atoms with E-state index in [1.54, 1.807) is 6.92 Å². The molecule has 2 rings (SSSR count). The fourth-order valence-electron chi connectivity index (χ4n) is 2.52. The Hall–Kier alpha value is -1.78. The Morgan fingerprint density at radius 3 is 2.75 bits per heavy atom. The number of hydrogen-bond donors (Lipinski definition) is 1. The highest BCUT2D eigenvalue weighted by Gasteiger charge is 2.31. The summed E-state index contributed by atoms with van der Waals surface area (Å²) >= 11 is 0. The van der Waals surface area contributed by atoms with Gasteiger partial charge in [0.25, 0.3) is 0 Å². The number of esters is 1. The first kappa shape index (κ1) is 14.6. The third-order valence-electron chi connectivity index (χ3n) is 3.63. The average molecular weight is 280 g/mol. The summed E-state index contributed by atoms with van der Waals surface area (Å²) in [6.07, 6.45) is 0.992. The Balaban J connectivity index is 2.34. The van der Waals surface area contributed by atoms with Crippen molar-refractivity contribution in [3.8, 4) is 0 Å². The quantitative estimate of drug-likeness (QED) is 0.683. The lowest BCUT2D eigenvalue weighted by Crippen LogP contribution is -2.24. The molecule has 20 heavy (non-hydrogen) atoms. The number of ether oxygens (including phenoxy) is 1. The van der Waals surface area contributed by atoms with Gasteiger partial charge in [-0.25, -0.2) is 9.18 Å². The van der Waals surface area contributed by atoms with Crippen LogP contribution in [0.25, 0.3) is 0 Å². The molecule has 1 aliphatic rings. The molecule has 0 unspecified atom stereocenters. The van der Waals surface area contributed by atoms with Crippen LogP contribution in [0.3, 0.4) is 0 Å². The number of rotatable bonds is 3. The lowest BCUT2D eigenvalue weighted by Gasteiger charge is -2.23. The number of carbonyl (C=O) groups excluding carboxylic acids is 1. The number of carbonyl (C=O) groups is 1. The highest BCUT2D eigenvalue weighted by Crippen LogP contribution is 2.35. The van der Waals surface area contributed by atoms with Crippen molar-refractivity contribution < 1.29 is 13.9 Å². The Kier molecular flexibility index (Phi) is 3.88. The van der Waals surface area contributed by atoms with Gasteiger partial charge in [-0.05, 0) is 30.9 Å². The van der Waals surface area contributed by atoms with Gasteiger partial charge in [0, 0.05) is 18.8 Å². The lowest BCUT2D eigenvalue weighted by molar-refractivity contribution is 0.0527. The Labute approximate surface area is 118 Å². The molecule has 0 saturated carbocycles. The van der Waals surface area contributed by atoms with Gasteiger partial charge in [0.05, 0.1) is 17.9 Å². The van der Waals surface area contributed by atoms with E-state index in [-0.39, 0.29) is 23.3 Å². The van der Waals surface area contributed by atoms with Gasteiger partial charge in [0.2, 0.25) is 0 Å². The minimum Gasteiger partial charge on any atom is -0.462 e. The predicted octanol–water partition coefficient (Wildman–Crippen LogP) is 2.82. The van der Waals surface area contributed by atoms with Crippen molar-refractivity contribution in [2.75, 3.05) is 30.3 Å². The summed E-state index contributed by atoms with van der Waals surface area (Å²) in [5.41, 5.74) is 6.63. The Morgan fingerprint density at radius 2 is 2.20 bits per heavy atom. The molecule has 110 valence electrons. The molecule has 0 amide bonds. The number of benzene rings is 1. The topological polar surface area (TPSA) is 55.6 Å². The summed E-state index contributed by atoms with van der Waals surface area (Å²) in [4.78, 5) is 13.8. The monoisotopic (exact) mass is 280 g/mol. The first-order valence-electron chi connectivity index (χ1n) is 6.85. The fourth-order valence-corrected chi connectivity index (χ4v) is 2.52. The van der Waals surface area contributed by atoms with Crippen LogP contribution < -0.4 is 10.6 Å². The first-order chi connectivity index (χ1) is 9.34. The molecule has 1 fully saturated rings. The second-order valence-corrected chi connectivity index (χ2v) is 5.95. The Bertz CT molecular complexity index is 529. The second-order valence-electron chi connectivity index (χ2n) is 5.95. The zero-order valence-electron chi connectivity index (χ0n) is 12.2. The molecular formula is C15H21FN2O2. The molecule has 1 aromatic carbocycles. The number of nitrogen functional groups attached to an aromatic ring is 1. The predicted molar refractivity (Wildman–Crippen MR) is 77.4 cm³/mol. The average Bonchev–Trinajstić information content (AvgIpc) is 2.69. The standard InChI is InChI=1S/C15H21FN2O2/c1-4-20-14(19)10-7-13(11(16)8-12(10)17)18-6-5-15(2,3)9-18/h7-8H,4-6,9,17H2,1-3H3. The van der Waals surface area contributed by atoms with E-state index in [1.165, 1.54) is 12.1 Å². The maximum absolute atomic E-state index is 14.1.